The summed E-state index contributed by atoms with van der Waals surface area (Å²) in [5.41, 5.74) is 3.93. The fourth-order valence-corrected chi connectivity index (χ4v) is 4.16. The summed E-state index contributed by atoms with van der Waals surface area (Å²) < 4.78 is 17.2. The maximum Gasteiger partial charge on any atom is 0.210 e. The van der Waals surface area contributed by atoms with Crippen molar-refractivity contribution in [1.82, 2.24) is 19.5 Å². The second-order valence-corrected chi connectivity index (χ2v) is 9.26. The fraction of sp³-hybridized carbons (Fsp3) is 0.172. The first kappa shape index (κ1) is 23.0. The van der Waals surface area contributed by atoms with Gasteiger partial charge in [-0.15, -0.1) is 0 Å². The molecular weight excluding hydrogens is 451 g/mol. The Balaban J connectivity index is 1.75. The Morgan fingerprint density at radius 3 is 2.47 bits per heavy atom. The number of anilines is 1. The van der Waals surface area contributed by atoms with E-state index in [1.807, 2.05) is 60.0 Å². The van der Waals surface area contributed by atoms with E-state index in [0.717, 1.165) is 27.5 Å². The molecule has 0 N–H and O–H groups in total. The second-order valence-electron chi connectivity index (χ2n) is 9.26. The van der Waals surface area contributed by atoms with Crippen molar-refractivity contribution in [3.63, 3.8) is 0 Å². The predicted molar refractivity (Wildman–Crippen MR) is 140 cm³/mol. The molecule has 0 aliphatic heterocycles. The van der Waals surface area contributed by atoms with E-state index < -0.39 is 11.2 Å². The Morgan fingerprint density at radius 1 is 0.972 bits per heavy atom. The van der Waals surface area contributed by atoms with Gasteiger partial charge in [-0.05, 0) is 56.3 Å². The molecule has 0 bridgehead atoms. The molecule has 3 aromatic heterocycles. The van der Waals surface area contributed by atoms with E-state index in [9.17, 15) is 5.26 Å². The van der Waals surface area contributed by atoms with E-state index in [1.54, 1.807) is 38.5 Å². The van der Waals surface area contributed by atoms with Gasteiger partial charge in [0.2, 0.25) is 5.95 Å². The largest absolute Gasteiger partial charge is 0.348 e. The minimum absolute atomic E-state index is 0.351. The molecule has 0 radical (unpaired) electrons. The maximum atomic E-state index is 15.3. The van der Waals surface area contributed by atoms with Gasteiger partial charge < -0.3 is 4.90 Å². The SMILES string of the molecule is CN(C)c1nc2cnc3ccc(C#Cc4cccnc4)cc3c2n1-c1ccc(C(C)(C)C#N)c(F)c1. The molecule has 0 aliphatic carbocycles. The summed E-state index contributed by atoms with van der Waals surface area (Å²) in [6, 6.07) is 16.7. The average Bonchev–Trinajstić information content (AvgIpc) is 3.28. The van der Waals surface area contributed by atoms with Crippen molar-refractivity contribution in [2.45, 2.75) is 19.3 Å². The van der Waals surface area contributed by atoms with Crippen LogP contribution in [0.25, 0.3) is 27.6 Å². The van der Waals surface area contributed by atoms with Crippen LogP contribution in [0, 0.1) is 29.0 Å². The average molecular weight is 475 g/mol. The molecule has 0 amide bonds. The first-order chi connectivity index (χ1) is 17.3. The van der Waals surface area contributed by atoms with Gasteiger partial charge in [-0.1, -0.05) is 17.9 Å². The van der Waals surface area contributed by atoms with Crippen molar-refractivity contribution >= 4 is 27.9 Å². The number of pyridine rings is 2. The van der Waals surface area contributed by atoms with Gasteiger partial charge >= 0.3 is 0 Å². The summed E-state index contributed by atoms with van der Waals surface area (Å²) in [5, 5.41) is 10.3. The van der Waals surface area contributed by atoms with Crippen LogP contribution in [0.2, 0.25) is 0 Å². The molecule has 7 heteroatoms. The number of benzene rings is 2. The van der Waals surface area contributed by atoms with Gasteiger partial charge in [-0.3, -0.25) is 14.5 Å². The van der Waals surface area contributed by atoms with Gasteiger partial charge in [0, 0.05) is 48.6 Å². The highest BCUT2D eigenvalue weighted by atomic mass is 19.1. The van der Waals surface area contributed by atoms with Crippen molar-refractivity contribution in [2.24, 2.45) is 0 Å². The van der Waals surface area contributed by atoms with Crippen molar-refractivity contribution in [1.29, 1.82) is 5.26 Å². The number of hydrogen-bond donors (Lipinski definition) is 0. The fourth-order valence-electron chi connectivity index (χ4n) is 4.16. The molecule has 0 fully saturated rings. The van der Waals surface area contributed by atoms with Gasteiger partial charge in [0.05, 0.1) is 34.4 Å². The molecule has 0 unspecified atom stereocenters. The molecule has 5 rings (SSSR count). The van der Waals surface area contributed by atoms with E-state index in [0.29, 0.717) is 22.7 Å². The minimum atomic E-state index is -0.942. The molecule has 5 aromatic rings. The third-order valence-corrected chi connectivity index (χ3v) is 6.04. The summed E-state index contributed by atoms with van der Waals surface area (Å²) in [7, 11) is 3.78. The molecule has 176 valence electrons. The van der Waals surface area contributed by atoms with Crippen LogP contribution in [-0.2, 0) is 5.41 Å². The van der Waals surface area contributed by atoms with Crippen molar-refractivity contribution in [3.05, 3.63) is 89.6 Å². The highest BCUT2D eigenvalue weighted by Crippen LogP contribution is 2.33. The molecular formula is C29H23FN6. The molecule has 6 nitrogen and oxygen atoms in total. The lowest BCUT2D eigenvalue weighted by Crippen LogP contribution is -2.17. The van der Waals surface area contributed by atoms with Gasteiger partial charge in [0.1, 0.15) is 11.3 Å². The monoisotopic (exact) mass is 474 g/mol. The Kier molecular flexibility index (Phi) is 5.62. The number of halogens is 1. The van der Waals surface area contributed by atoms with E-state index in [-0.39, 0.29) is 0 Å². The summed E-state index contributed by atoms with van der Waals surface area (Å²) >= 11 is 0. The van der Waals surface area contributed by atoms with E-state index in [2.05, 4.69) is 27.9 Å². The van der Waals surface area contributed by atoms with Crippen LogP contribution in [0.5, 0.6) is 0 Å². The quantitative estimate of drug-likeness (QED) is 0.329. The Hall–Kier alpha value is -4.75. The number of nitriles is 1. The zero-order valence-corrected chi connectivity index (χ0v) is 20.4. The number of hydrogen-bond acceptors (Lipinski definition) is 5. The summed E-state index contributed by atoms with van der Waals surface area (Å²) in [4.78, 5) is 15.4. The summed E-state index contributed by atoms with van der Waals surface area (Å²) in [6.07, 6.45) is 5.16. The molecule has 3 heterocycles. The number of fused-ring (bicyclic) bond motifs is 3. The molecule has 0 spiro atoms. The maximum absolute atomic E-state index is 15.3. The van der Waals surface area contributed by atoms with E-state index in [4.69, 9.17) is 4.98 Å². The van der Waals surface area contributed by atoms with Crippen molar-refractivity contribution < 1.29 is 4.39 Å². The van der Waals surface area contributed by atoms with Gasteiger partial charge in [-0.2, -0.15) is 5.26 Å². The first-order valence-corrected chi connectivity index (χ1v) is 11.4. The zero-order valence-electron chi connectivity index (χ0n) is 20.4. The van der Waals surface area contributed by atoms with Crippen molar-refractivity contribution in [2.75, 3.05) is 19.0 Å². The van der Waals surface area contributed by atoms with Crippen LogP contribution >= 0.6 is 0 Å². The first-order valence-electron chi connectivity index (χ1n) is 11.4. The lowest BCUT2D eigenvalue weighted by Gasteiger charge is -2.19. The van der Waals surface area contributed by atoms with Crippen molar-refractivity contribution in [3.8, 4) is 23.6 Å². The van der Waals surface area contributed by atoms with Crippen LogP contribution in [0.1, 0.15) is 30.5 Å². The number of imidazole rings is 1. The van der Waals surface area contributed by atoms with Crippen LogP contribution in [0.15, 0.2) is 67.1 Å². The molecule has 0 saturated heterocycles. The number of rotatable bonds is 3. The van der Waals surface area contributed by atoms with E-state index >= 15 is 4.39 Å². The smallest absolute Gasteiger partial charge is 0.210 e. The number of nitrogens with zero attached hydrogens (tertiary/aromatic N) is 6. The Bertz CT molecular complexity index is 1720. The molecule has 0 atom stereocenters. The Morgan fingerprint density at radius 2 is 1.78 bits per heavy atom. The normalized spacial score (nSPS) is 11.2. The van der Waals surface area contributed by atoms with Crippen LogP contribution in [-0.4, -0.2) is 33.6 Å². The molecule has 0 saturated carbocycles. The Labute approximate surface area is 208 Å². The van der Waals surface area contributed by atoms with Crippen LogP contribution in [0.4, 0.5) is 10.3 Å². The lowest BCUT2D eigenvalue weighted by atomic mass is 9.86. The zero-order chi connectivity index (χ0) is 25.4. The van der Waals surface area contributed by atoms with E-state index in [1.165, 1.54) is 6.07 Å². The second kappa shape index (κ2) is 8.79. The summed E-state index contributed by atoms with van der Waals surface area (Å²) in [5.74, 6) is 6.53. The highest BCUT2D eigenvalue weighted by Gasteiger charge is 2.25. The highest BCUT2D eigenvalue weighted by molar-refractivity contribution is 6.04. The minimum Gasteiger partial charge on any atom is -0.348 e. The lowest BCUT2D eigenvalue weighted by molar-refractivity contribution is 0.564. The summed E-state index contributed by atoms with van der Waals surface area (Å²) in [6.45, 7) is 3.41. The standard InChI is InChI=1S/C29H23FN6/c1-29(2,18-31)23-11-10-21(15-24(23)30)36-27-22-14-19(7-8-20-6-5-13-32-16-20)9-12-25(22)33-17-26(27)34-28(36)35(3)4/h5-6,9-17H,1-4H3. The third kappa shape index (κ3) is 4.01. The third-order valence-electron chi connectivity index (χ3n) is 6.04. The molecule has 2 aromatic carbocycles. The molecule has 0 aliphatic rings. The molecule has 36 heavy (non-hydrogen) atoms. The predicted octanol–water partition coefficient (Wildman–Crippen LogP) is 5.37. The van der Waals surface area contributed by atoms with Crippen LogP contribution < -0.4 is 4.90 Å². The topological polar surface area (TPSA) is 70.6 Å². The van der Waals surface area contributed by atoms with Gasteiger partial charge in [0.15, 0.2) is 0 Å². The van der Waals surface area contributed by atoms with Gasteiger partial charge in [-0.25, -0.2) is 9.37 Å². The van der Waals surface area contributed by atoms with Crippen LogP contribution in [0.3, 0.4) is 0 Å². The number of aromatic nitrogens is 4. The van der Waals surface area contributed by atoms with Gasteiger partial charge in [0.25, 0.3) is 0 Å².